The first-order valence-corrected chi connectivity index (χ1v) is 6.33. The van der Waals surface area contributed by atoms with E-state index in [1.165, 1.54) is 45.4 Å². The van der Waals surface area contributed by atoms with Gasteiger partial charge in [-0.25, -0.2) is 0 Å². The molecule has 0 unspecified atom stereocenters. The van der Waals surface area contributed by atoms with Gasteiger partial charge >= 0.3 is 0 Å². The molecule has 86 valence electrons. The SMILES string of the molecule is C1CC2(CCN1)CCNC2.CC.CC. The molecule has 2 heterocycles. The summed E-state index contributed by atoms with van der Waals surface area (Å²) in [5, 5.41) is 6.86. The summed E-state index contributed by atoms with van der Waals surface area (Å²) in [6, 6.07) is 0. The van der Waals surface area contributed by atoms with Crippen LogP contribution in [0.2, 0.25) is 0 Å². The van der Waals surface area contributed by atoms with E-state index >= 15 is 0 Å². The molecule has 0 bridgehead atoms. The van der Waals surface area contributed by atoms with Gasteiger partial charge in [0.15, 0.2) is 0 Å². The van der Waals surface area contributed by atoms with Crippen LogP contribution in [0.25, 0.3) is 0 Å². The molecular weight excluding hydrogens is 172 g/mol. The van der Waals surface area contributed by atoms with E-state index in [1.54, 1.807) is 0 Å². The quantitative estimate of drug-likeness (QED) is 0.627. The molecule has 0 atom stereocenters. The van der Waals surface area contributed by atoms with Gasteiger partial charge in [-0.3, -0.25) is 0 Å². The molecule has 0 aromatic rings. The minimum atomic E-state index is 0.700. The molecule has 2 saturated heterocycles. The molecular formula is C12H28N2. The van der Waals surface area contributed by atoms with Crippen LogP contribution in [0.5, 0.6) is 0 Å². The monoisotopic (exact) mass is 200 g/mol. The van der Waals surface area contributed by atoms with Gasteiger partial charge in [0.1, 0.15) is 0 Å². The van der Waals surface area contributed by atoms with Crippen LogP contribution >= 0.6 is 0 Å². The van der Waals surface area contributed by atoms with Crippen molar-refractivity contribution in [3.8, 4) is 0 Å². The van der Waals surface area contributed by atoms with Crippen molar-refractivity contribution >= 4 is 0 Å². The summed E-state index contributed by atoms with van der Waals surface area (Å²) in [4.78, 5) is 0. The fourth-order valence-corrected chi connectivity index (χ4v) is 2.18. The predicted molar refractivity (Wildman–Crippen MR) is 64.7 cm³/mol. The molecule has 2 N–H and O–H groups in total. The highest BCUT2D eigenvalue weighted by atomic mass is 15.0. The number of nitrogens with one attached hydrogen (secondary N) is 2. The van der Waals surface area contributed by atoms with Crippen LogP contribution in [-0.2, 0) is 0 Å². The summed E-state index contributed by atoms with van der Waals surface area (Å²) >= 11 is 0. The van der Waals surface area contributed by atoms with E-state index in [9.17, 15) is 0 Å². The zero-order valence-corrected chi connectivity index (χ0v) is 10.4. The predicted octanol–water partition coefficient (Wildman–Crippen LogP) is 2.40. The Morgan fingerprint density at radius 2 is 1.14 bits per heavy atom. The summed E-state index contributed by atoms with van der Waals surface area (Å²) < 4.78 is 0. The van der Waals surface area contributed by atoms with Crippen molar-refractivity contribution in [3.63, 3.8) is 0 Å². The van der Waals surface area contributed by atoms with Gasteiger partial charge in [-0.05, 0) is 44.3 Å². The van der Waals surface area contributed by atoms with Crippen LogP contribution in [0, 0.1) is 5.41 Å². The molecule has 0 aliphatic carbocycles. The minimum absolute atomic E-state index is 0.700. The summed E-state index contributed by atoms with van der Waals surface area (Å²) in [6.45, 7) is 13.0. The van der Waals surface area contributed by atoms with Crippen LogP contribution in [-0.4, -0.2) is 26.2 Å². The lowest BCUT2D eigenvalue weighted by Crippen LogP contribution is -2.37. The Balaban J connectivity index is 0.000000379. The summed E-state index contributed by atoms with van der Waals surface area (Å²) in [5.74, 6) is 0. The van der Waals surface area contributed by atoms with E-state index in [1.807, 2.05) is 27.7 Å². The van der Waals surface area contributed by atoms with Gasteiger partial charge in [0, 0.05) is 6.54 Å². The Morgan fingerprint density at radius 1 is 0.714 bits per heavy atom. The zero-order valence-electron chi connectivity index (χ0n) is 10.4. The zero-order chi connectivity index (χ0) is 10.9. The van der Waals surface area contributed by atoms with Gasteiger partial charge in [0.2, 0.25) is 0 Å². The molecule has 2 heteroatoms. The van der Waals surface area contributed by atoms with Gasteiger partial charge in [-0.1, -0.05) is 27.7 Å². The van der Waals surface area contributed by atoms with Crippen molar-refractivity contribution in [3.05, 3.63) is 0 Å². The lowest BCUT2D eigenvalue weighted by Gasteiger charge is -2.32. The first-order valence-electron chi connectivity index (χ1n) is 6.33. The van der Waals surface area contributed by atoms with Crippen LogP contribution < -0.4 is 10.6 Å². The van der Waals surface area contributed by atoms with Crippen molar-refractivity contribution in [2.75, 3.05) is 26.2 Å². The van der Waals surface area contributed by atoms with Gasteiger partial charge in [0.25, 0.3) is 0 Å². The third kappa shape index (κ3) is 3.97. The number of hydrogen-bond acceptors (Lipinski definition) is 2. The van der Waals surface area contributed by atoms with Gasteiger partial charge in [-0.15, -0.1) is 0 Å². The van der Waals surface area contributed by atoms with Gasteiger partial charge in [-0.2, -0.15) is 0 Å². The molecule has 0 saturated carbocycles. The van der Waals surface area contributed by atoms with Crippen LogP contribution in [0.15, 0.2) is 0 Å². The summed E-state index contributed by atoms with van der Waals surface area (Å²) in [6.07, 6.45) is 4.19. The Morgan fingerprint density at radius 3 is 1.57 bits per heavy atom. The second kappa shape index (κ2) is 8.25. The topological polar surface area (TPSA) is 24.1 Å². The normalized spacial score (nSPS) is 23.1. The van der Waals surface area contributed by atoms with Gasteiger partial charge in [0.05, 0.1) is 0 Å². The number of rotatable bonds is 0. The molecule has 0 amide bonds. The highest BCUT2D eigenvalue weighted by molar-refractivity contribution is 4.90. The lowest BCUT2D eigenvalue weighted by molar-refractivity contribution is 0.229. The Bertz CT molecular complexity index is 109. The molecule has 2 fully saturated rings. The Hall–Kier alpha value is -0.0800. The van der Waals surface area contributed by atoms with E-state index in [2.05, 4.69) is 10.6 Å². The summed E-state index contributed by atoms with van der Waals surface area (Å²) in [5.41, 5.74) is 0.700. The maximum atomic E-state index is 3.46. The van der Waals surface area contributed by atoms with Crippen molar-refractivity contribution < 1.29 is 0 Å². The van der Waals surface area contributed by atoms with Crippen molar-refractivity contribution in [1.29, 1.82) is 0 Å². The molecule has 2 aliphatic rings. The lowest BCUT2D eigenvalue weighted by atomic mass is 9.78. The molecule has 2 aliphatic heterocycles. The molecule has 2 rings (SSSR count). The van der Waals surface area contributed by atoms with E-state index in [0.717, 1.165) is 0 Å². The molecule has 1 spiro atoms. The maximum absolute atomic E-state index is 3.46. The average Bonchev–Trinajstić information content (AvgIpc) is 2.73. The molecule has 14 heavy (non-hydrogen) atoms. The molecule has 0 radical (unpaired) electrons. The molecule has 0 aromatic carbocycles. The van der Waals surface area contributed by atoms with Crippen LogP contribution in [0.1, 0.15) is 47.0 Å². The van der Waals surface area contributed by atoms with Crippen LogP contribution in [0.3, 0.4) is 0 Å². The fraction of sp³-hybridized carbons (Fsp3) is 1.00. The second-order valence-corrected chi connectivity index (χ2v) is 3.68. The molecule has 2 nitrogen and oxygen atoms in total. The standard InChI is InChI=1S/C8H16N2.2C2H6/c1-4-9-5-2-8(1)3-6-10-7-8;2*1-2/h9-10H,1-7H2;2*1-2H3. The van der Waals surface area contributed by atoms with Crippen molar-refractivity contribution in [2.45, 2.75) is 47.0 Å². The van der Waals surface area contributed by atoms with E-state index in [-0.39, 0.29) is 0 Å². The maximum Gasteiger partial charge on any atom is 0.000924 e. The smallest absolute Gasteiger partial charge is 0.000924 e. The summed E-state index contributed by atoms with van der Waals surface area (Å²) in [7, 11) is 0. The van der Waals surface area contributed by atoms with E-state index in [4.69, 9.17) is 0 Å². The molecule has 0 aromatic heterocycles. The Labute approximate surface area is 89.9 Å². The van der Waals surface area contributed by atoms with Crippen LogP contribution in [0.4, 0.5) is 0 Å². The largest absolute Gasteiger partial charge is 0.317 e. The first-order chi connectivity index (χ1) is 6.91. The van der Waals surface area contributed by atoms with Crippen molar-refractivity contribution in [1.82, 2.24) is 10.6 Å². The second-order valence-electron chi connectivity index (χ2n) is 3.68. The third-order valence-electron chi connectivity index (χ3n) is 3.00. The van der Waals surface area contributed by atoms with E-state index in [0.29, 0.717) is 5.41 Å². The number of piperidine rings is 1. The first kappa shape index (κ1) is 13.9. The highest BCUT2D eigenvalue weighted by Crippen LogP contribution is 2.34. The van der Waals surface area contributed by atoms with E-state index < -0.39 is 0 Å². The van der Waals surface area contributed by atoms with Gasteiger partial charge < -0.3 is 10.6 Å². The number of hydrogen-bond donors (Lipinski definition) is 2. The minimum Gasteiger partial charge on any atom is -0.317 e. The Kier molecular flexibility index (Phi) is 8.20. The fourth-order valence-electron chi connectivity index (χ4n) is 2.18. The van der Waals surface area contributed by atoms with Crippen molar-refractivity contribution in [2.24, 2.45) is 5.41 Å². The average molecular weight is 200 g/mol. The third-order valence-corrected chi connectivity index (χ3v) is 3.00. The highest BCUT2D eigenvalue weighted by Gasteiger charge is 2.34.